The molecule has 0 spiro atoms. The van der Waals surface area contributed by atoms with Crippen LogP contribution in [0.3, 0.4) is 0 Å². The zero-order valence-electron chi connectivity index (χ0n) is 12.3. The van der Waals surface area contributed by atoms with Gasteiger partial charge in [-0.2, -0.15) is 4.68 Å². The van der Waals surface area contributed by atoms with E-state index >= 15 is 0 Å². The molecule has 0 fully saturated rings. The maximum atomic E-state index is 12.4. The number of nitrogens with zero attached hydrogens (tertiary/aromatic N) is 5. The number of nitrogens with one attached hydrogen (secondary N) is 1. The molecule has 2 heterocycles. The summed E-state index contributed by atoms with van der Waals surface area (Å²) in [6.07, 6.45) is 2.31. The molecule has 0 radical (unpaired) electrons. The molecule has 2 aromatic heterocycles. The number of carbonyl (C=O) groups is 1. The van der Waals surface area contributed by atoms with Crippen LogP contribution in [0.4, 0.5) is 5.13 Å². The van der Waals surface area contributed by atoms with E-state index in [1.54, 1.807) is 10.9 Å². The van der Waals surface area contributed by atoms with E-state index in [9.17, 15) is 4.79 Å². The number of tetrazole rings is 1. The summed E-state index contributed by atoms with van der Waals surface area (Å²) in [5.74, 6) is -0.102. The normalized spacial score (nSPS) is 12.0. The van der Waals surface area contributed by atoms with Crippen LogP contribution in [0.5, 0.6) is 0 Å². The van der Waals surface area contributed by atoms with Gasteiger partial charge in [0.2, 0.25) is 11.1 Å². The maximum absolute atomic E-state index is 12.4. The van der Waals surface area contributed by atoms with E-state index in [1.165, 1.54) is 23.1 Å². The maximum Gasteiger partial charge on any atom is 0.239 e. The number of benzene rings is 1. The fraction of sp³-hybridized carbons (Fsp3) is 0.214. The molecule has 7 nitrogen and oxygen atoms in total. The molecule has 0 aliphatic heterocycles. The van der Waals surface area contributed by atoms with Crippen molar-refractivity contribution in [2.24, 2.45) is 0 Å². The fourth-order valence-corrected chi connectivity index (χ4v) is 3.35. The number of carbonyl (C=O) groups excluding carboxylic acids is 1. The summed E-state index contributed by atoms with van der Waals surface area (Å²) in [7, 11) is 0. The van der Waals surface area contributed by atoms with Crippen LogP contribution < -0.4 is 5.32 Å². The Morgan fingerprint density at radius 3 is 2.91 bits per heavy atom. The third-order valence-electron chi connectivity index (χ3n) is 3.02. The Kier molecular flexibility index (Phi) is 4.99. The first kappa shape index (κ1) is 15.6. The van der Waals surface area contributed by atoms with Crippen molar-refractivity contribution in [1.82, 2.24) is 25.2 Å². The lowest BCUT2D eigenvalue weighted by Gasteiger charge is -2.12. The van der Waals surface area contributed by atoms with Crippen LogP contribution >= 0.6 is 23.1 Å². The lowest BCUT2D eigenvalue weighted by molar-refractivity contribution is -0.115. The summed E-state index contributed by atoms with van der Waals surface area (Å²) < 4.78 is 1.63. The van der Waals surface area contributed by atoms with Crippen molar-refractivity contribution in [3.8, 4) is 5.69 Å². The van der Waals surface area contributed by atoms with Crippen molar-refractivity contribution in [3.05, 3.63) is 41.9 Å². The second kappa shape index (κ2) is 7.34. The van der Waals surface area contributed by atoms with Gasteiger partial charge in [0, 0.05) is 11.6 Å². The summed E-state index contributed by atoms with van der Waals surface area (Å²) in [4.78, 5) is 16.4. The number of hydrogen-bond donors (Lipinski definition) is 1. The van der Waals surface area contributed by atoms with Gasteiger partial charge in [0.25, 0.3) is 0 Å². The predicted molar refractivity (Wildman–Crippen MR) is 89.8 cm³/mol. The Labute approximate surface area is 141 Å². The first-order valence-electron chi connectivity index (χ1n) is 6.98. The average Bonchev–Trinajstić information content (AvgIpc) is 3.24. The van der Waals surface area contributed by atoms with Gasteiger partial charge in [0.05, 0.1) is 10.9 Å². The Morgan fingerprint density at radius 2 is 2.22 bits per heavy atom. The van der Waals surface area contributed by atoms with Crippen molar-refractivity contribution in [3.63, 3.8) is 0 Å². The highest BCUT2D eigenvalue weighted by Crippen LogP contribution is 2.26. The van der Waals surface area contributed by atoms with Gasteiger partial charge >= 0.3 is 0 Å². The standard InChI is InChI=1S/C14H14N6OS2/c1-2-11(12(21)16-13-15-8-9-22-13)23-14-17-18-19-20(14)10-6-4-3-5-7-10/h3-9,11H,2H2,1H3,(H,15,16,21)/t11-/m1/s1. The number of rotatable bonds is 6. The lowest BCUT2D eigenvalue weighted by atomic mass is 10.3. The first-order chi connectivity index (χ1) is 11.3. The number of thioether (sulfide) groups is 1. The van der Waals surface area contributed by atoms with Crippen molar-refractivity contribution in [1.29, 1.82) is 0 Å². The number of hydrogen-bond acceptors (Lipinski definition) is 7. The Hall–Kier alpha value is -2.26. The van der Waals surface area contributed by atoms with Gasteiger partial charge in [0.15, 0.2) is 5.13 Å². The highest BCUT2D eigenvalue weighted by atomic mass is 32.2. The zero-order valence-corrected chi connectivity index (χ0v) is 13.9. The molecule has 0 unspecified atom stereocenters. The van der Waals surface area contributed by atoms with E-state index in [4.69, 9.17) is 0 Å². The molecule has 23 heavy (non-hydrogen) atoms. The quantitative estimate of drug-likeness (QED) is 0.691. The molecule has 0 saturated heterocycles. The summed E-state index contributed by atoms with van der Waals surface area (Å²) in [6, 6.07) is 9.58. The van der Waals surface area contributed by atoms with E-state index in [0.717, 1.165) is 5.69 Å². The molecular weight excluding hydrogens is 332 g/mol. The molecular formula is C14H14N6OS2. The molecule has 3 aromatic rings. The molecule has 1 amide bonds. The molecule has 9 heteroatoms. The van der Waals surface area contributed by atoms with E-state index in [0.29, 0.717) is 16.7 Å². The Balaban J connectivity index is 1.75. The van der Waals surface area contributed by atoms with Crippen LogP contribution in [-0.4, -0.2) is 36.3 Å². The van der Waals surface area contributed by atoms with Crippen molar-refractivity contribution in [2.75, 3.05) is 5.32 Å². The van der Waals surface area contributed by atoms with Crippen LogP contribution in [-0.2, 0) is 4.79 Å². The minimum atomic E-state index is -0.299. The number of para-hydroxylation sites is 1. The van der Waals surface area contributed by atoms with E-state index in [-0.39, 0.29) is 11.2 Å². The van der Waals surface area contributed by atoms with Crippen LogP contribution in [0, 0.1) is 0 Å². The van der Waals surface area contributed by atoms with E-state index < -0.39 is 0 Å². The monoisotopic (exact) mass is 346 g/mol. The minimum Gasteiger partial charge on any atom is -0.301 e. The summed E-state index contributed by atoms with van der Waals surface area (Å²) >= 11 is 2.73. The van der Waals surface area contributed by atoms with Crippen molar-refractivity contribution < 1.29 is 4.79 Å². The SMILES string of the molecule is CC[C@@H](Sc1nnnn1-c1ccccc1)C(=O)Nc1nccs1. The van der Waals surface area contributed by atoms with Gasteiger partial charge in [-0.25, -0.2) is 4.98 Å². The van der Waals surface area contributed by atoms with Crippen molar-refractivity contribution in [2.45, 2.75) is 23.8 Å². The van der Waals surface area contributed by atoms with Crippen molar-refractivity contribution >= 4 is 34.1 Å². The van der Waals surface area contributed by atoms with Crippen LogP contribution in [0.1, 0.15) is 13.3 Å². The molecule has 0 bridgehead atoms. The van der Waals surface area contributed by atoms with E-state index in [1.807, 2.05) is 42.6 Å². The van der Waals surface area contributed by atoms with Crippen LogP contribution in [0.2, 0.25) is 0 Å². The number of thiazole rings is 1. The molecule has 3 rings (SSSR count). The van der Waals surface area contributed by atoms with Gasteiger partial charge in [-0.15, -0.1) is 16.4 Å². The van der Waals surface area contributed by atoms with Gasteiger partial charge in [-0.05, 0) is 29.0 Å². The Morgan fingerprint density at radius 1 is 1.39 bits per heavy atom. The number of anilines is 1. The average molecular weight is 346 g/mol. The zero-order chi connectivity index (χ0) is 16.1. The predicted octanol–water partition coefficient (Wildman–Crippen LogP) is 2.63. The third-order valence-corrected chi connectivity index (χ3v) is 5.00. The highest BCUT2D eigenvalue weighted by Gasteiger charge is 2.22. The lowest BCUT2D eigenvalue weighted by Crippen LogP contribution is -2.25. The second-order valence-corrected chi connectivity index (χ2v) is 6.61. The Bertz CT molecular complexity index is 759. The number of amides is 1. The molecule has 0 saturated carbocycles. The van der Waals surface area contributed by atoms with Gasteiger partial charge in [-0.3, -0.25) is 4.79 Å². The molecule has 0 aliphatic rings. The third kappa shape index (κ3) is 3.74. The largest absolute Gasteiger partial charge is 0.301 e. The van der Waals surface area contributed by atoms with Gasteiger partial charge < -0.3 is 5.32 Å². The summed E-state index contributed by atoms with van der Waals surface area (Å²) in [5, 5.41) is 17.3. The topological polar surface area (TPSA) is 85.6 Å². The smallest absolute Gasteiger partial charge is 0.239 e. The summed E-state index contributed by atoms with van der Waals surface area (Å²) in [6.45, 7) is 1.95. The molecule has 118 valence electrons. The highest BCUT2D eigenvalue weighted by molar-refractivity contribution is 8.00. The first-order valence-corrected chi connectivity index (χ1v) is 8.74. The van der Waals surface area contributed by atoms with Gasteiger partial charge in [-0.1, -0.05) is 36.9 Å². The molecule has 0 aliphatic carbocycles. The second-order valence-electron chi connectivity index (χ2n) is 4.55. The van der Waals surface area contributed by atoms with Gasteiger partial charge in [0.1, 0.15) is 0 Å². The molecule has 1 atom stereocenters. The number of aromatic nitrogens is 5. The fourth-order valence-electron chi connectivity index (χ4n) is 1.90. The molecule has 1 aromatic carbocycles. The van der Waals surface area contributed by atoms with E-state index in [2.05, 4.69) is 25.8 Å². The van der Waals surface area contributed by atoms with Crippen LogP contribution in [0.15, 0.2) is 47.1 Å². The molecule has 1 N–H and O–H groups in total. The van der Waals surface area contributed by atoms with Crippen LogP contribution in [0.25, 0.3) is 5.69 Å². The summed E-state index contributed by atoms with van der Waals surface area (Å²) in [5.41, 5.74) is 0.857. The minimum absolute atomic E-state index is 0.102.